The summed E-state index contributed by atoms with van der Waals surface area (Å²) < 4.78 is 41.5. The van der Waals surface area contributed by atoms with Crippen molar-refractivity contribution in [1.29, 1.82) is 0 Å². The molecule has 0 aliphatic carbocycles. The number of anilines is 1. The number of fused-ring (bicyclic) bond motifs is 1. The summed E-state index contributed by atoms with van der Waals surface area (Å²) in [4.78, 5) is 12.3. The van der Waals surface area contributed by atoms with E-state index in [0.29, 0.717) is 18.1 Å². The molecule has 3 aromatic rings. The maximum absolute atomic E-state index is 13.1. The van der Waals surface area contributed by atoms with Crippen LogP contribution in [0.1, 0.15) is 27.4 Å². The summed E-state index contributed by atoms with van der Waals surface area (Å²) in [6, 6.07) is 5.42. The molecule has 1 aromatic carbocycles. The lowest BCUT2D eigenvalue weighted by Crippen LogP contribution is -2.25. The molecule has 2 aromatic heterocycles. The van der Waals surface area contributed by atoms with E-state index in [1.807, 2.05) is 13.8 Å². The van der Waals surface area contributed by atoms with E-state index < -0.39 is 12.2 Å². The second kappa shape index (κ2) is 6.08. The molecule has 0 radical (unpaired) electrons. The number of amides is 1. The van der Waals surface area contributed by atoms with Crippen LogP contribution in [0.5, 0.6) is 11.5 Å². The lowest BCUT2D eigenvalue weighted by Gasteiger charge is -2.04. The highest BCUT2D eigenvalue weighted by atomic mass is 19.3. The van der Waals surface area contributed by atoms with Crippen LogP contribution in [0.2, 0.25) is 0 Å². The molecule has 1 amide bonds. The van der Waals surface area contributed by atoms with Crippen molar-refractivity contribution in [3.05, 3.63) is 53.0 Å². The van der Waals surface area contributed by atoms with Crippen molar-refractivity contribution in [2.45, 2.75) is 26.7 Å². The average molecular weight is 376 g/mol. The van der Waals surface area contributed by atoms with E-state index in [9.17, 15) is 13.6 Å². The number of aromatic nitrogens is 3. The third-order valence-electron chi connectivity index (χ3n) is 4.05. The Bertz CT molecular complexity index is 1010. The summed E-state index contributed by atoms with van der Waals surface area (Å²) in [6.45, 7) is 4.09. The molecule has 27 heavy (non-hydrogen) atoms. The van der Waals surface area contributed by atoms with Gasteiger partial charge in [-0.2, -0.15) is 5.10 Å². The normalized spacial score (nSPS) is 14.4. The number of hydrogen-bond donors (Lipinski definition) is 1. The lowest BCUT2D eigenvalue weighted by atomic mass is 10.2. The van der Waals surface area contributed by atoms with Crippen molar-refractivity contribution in [1.82, 2.24) is 14.9 Å². The van der Waals surface area contributed by atoms with E-state index >= 15 is 0 Å². The Morgan fingerprint density at radius 1 is 1.22 bits per heavy atom. The van der Waals surface area contributed by atoms with Crippen LogP contribution < -0.4 is 14.8 Å². The molecule has 4 rings (SSSR count). The number of carbonyl (C=O) groups is 1. The van der Waals surface area contributed by atoms with Gasteiger partial charge in [-0.3, -0.25) is 9.48 Å². The van der Waals surface area contributed by atoms with Crippen LogP contribution in [-0.2, 0) is 6.54 Å². The number of rotatable bonds is 4. The molecule has 1 aliphatic heterocycles. The van der Waals surface area contributed by atoms with Gasteiger partial charge in [0.1, 0.15) is 5.76 Å². The molecule has 140 valence electrons. The van der Waals surface area contributed by atoms with Crippen LogP contribution in [-0.4, -0.2) is 27.1 Å². The van der Waals surface area contributed by atoms with Gasteiger partial charge in [-0.05, 0) is 32.0 Å². The molecule has 0 unspecified atom stereocenters. The molecule has 8 nitrogen and oxygen atoms in total. The summed E-state index contributed by atoms with van der Waals surface area (Å²) in [7, 11) is 0. The lowest BCUT2D eigenvalue weighted by molar-refractivity contribution is -0.286. The fourth-order valence-corrected chi connectivity index (χ4v) is 2.68. The maximum Gasteiger partial charge on any atom is 0.586 e. The Morgan fingerprint density at radius 3 is 2.74 bits per heavy atom. The van der Waals surface area contributed by atoms with Gasteiger partial charge in [0.15, 0.2) is 17.3 Å². The Morgan fingerprint density at radius 2 is 2.00 bits per heavy atom. The van der Waals surface area contributed by atoms with E-state index in [0.717, 1.165) is 11.3 Å². The van der Waals surface area contributed by atoms with Crippen molar-refractivity contribution in [2.75, 3.05) is 5.32 Å². The largest absolute Gasteiger partial charge is 0.586 e. The van der Waals surface area contributed by atoms with E-state index in [1.54, 1.807) is 16.9 Å². The van der Waals surface area contributed by atoms with E-state index in [1.165, 1.54) is 18.2 Å². The fraction of sp³-hybridized carbons (Fsp3) is 0.235. The molecular weight excluding hydrogens is 362 g/mol. The second-order valence-corrected chi connectivity index (χ2v) is 5.98. The number of aryl methyl sites for hydroxylation is 2. The van der Waals surface area contributed by atoms with Gasteiger partial charge >= 0.3 is 6.29 Å². The van der Waals surface area contributed by atoms with Crippen molar-refractivity contribution >= 4 is 11.7 Å². The number of ether oxygens (including phenoxy) is 2. The van der Waals surface area contributed by atoms with Gasteiger partial charge in [-0.15, -0.1) is 8.78 Å². The number of hydrogen-bond acceptors (Lipinski definition) is 6. The summed E-state index contributed by atoms with van der Waals surface area (Å²) in [6.07, 6.45) is -2.03. The molecule has 10 heteroatoms. The summed E-state index contributed by atoms with van der Waals surface area (Å²) >= 11 is 0. The zero-order chi connectivity index (χ0) is 19.2. The third-order valence-corrected chi connectivity index (χ3v) is 4.05. The van der Waals surface area contributed by atoms with Gasteiger partial charge in [-0.25, -0.2) is 0 Å². The molecule has 0 bridgehead atoms. The number of nitrogens with zero attached hydrogens (tertiary/aromatic N) is 3. The average Bonchev–Trinajstić information content (AvgIpc) is 3.26. The first-order valence-electron chi connectivity index (χ1n) is 7.97. The molecule has 0 fully saturated rings. The topological polar surface area (TPSA) is 91.4 Å². The van der Waals surface area contributed by atoms with Crippen LogP contribution in [0, 0.1) is 13.8 Å². The van der Waals surface area contributed by atoms with E-state index in [2.05, 4.69) is 25.0 Å². The molecule has 1 N–H and O–H groups in total. The molecule has 0 saturated carbocycles. The maximum atomic E-state index is 13.1. The Kier molecular flexibility index (Phi) is 3.83. The number of halogens is 2. The molecule has 3 heterocycles. The molecule has 0 spiro atoms. The second-order valence-electron chi connectivity index (χ2n) is 5.98. The highest BCUT2D eigenvalue weighted by Crippen LogP contribution is 2.41. The van der Waals surface area contributed by atoms with Crippen LogP contribution in [0.25, 0.3) is 0 Å². The summed E-state index contributed by atoms with van der Waals surface area (Å²) in [5.41, 5.74) is 1.81. The Labute approximate surface area is 151 Å². The summed E-state index contributed by atoms with van der Waals surface area (Å²) in [5, 5.41) is 10.8. The van der Waals surface area contributed by atoms with Crippen LogP contribution in [0.3, 0.4) is 0 Å². The Balaban J connectivity index is 1.46. The Hall–Kier alpha value is -3.43. The number of alkyl halides is 2. The van der Waals surface area contributed by atoms with Crippen LogP contribution in [0.4, 0.5) is 14.6 Å². The third kappa shape index (κ3) is 3.33. The number of benzene rings is 1. The van der Waals surface area contributed by atoms with Gasteiger partial charge in [0, 0.05) is 23.4 Å². The highest BCUT2D eigenvalue weighted by molar-refractivity contribution is 6.04. The van der Waals surface area contributed by atoms with Crippen molar-refractivity contribution in [3.63, 3.8) is 0 Å². The van der Waals surface area contributed by atoms with Gasteiger partial charge in [-0.1, -0.05) is 5.16 Å². The molecule has 0 saturated heterocycles. The van der Waals surface area contributed by atoms with Crippen LogP contribution in [0.15, 0.2) is 35.0 Å². The number of carbonyl (C=O) groups excluding carboxylic acids is 1. The van der Waals surface area contributed by atoms with Gasteiger partial charge in [0.25, 0.3) is 5.91 Å². The SMILES string of the molecule is Cc1noc(C)c1Cn1ccc(NC(=O)c2ccc3c(c2)OC(F)(F)O3)n1. The highest BCUT2D eigenvalue weighted by Gasteiger charge is 2.43. The van der Waals surface area contributed by atoms with Gasteiger partial charge in [0.05, 0.1) is 12.2 Å². The smallest absolute Gasteiger partial charge is 0.395 e. The minimum absolute atomic E-state index is 0.125. The predicted octanol–water partition coefficient (Wildman–Crippen LogP) is 3.11. The number of nitrogens with one attached hydrogen (secondary N) is 1. The fourth-order valence-electron chi connectivity index (χ4n) is 2.68. The first kappa shape index (κ1) is 17.0. The summed E-state index contributed by atoms with van der Waals surface area (Å²) in [5.74, 6) is 0.177. The molecule has 1 aliphatic rings. The molecular formula is C17H14F2N4O4. The zero-order valence-electron chi connectivity index (χ0n) is 14.3. The zero-order valence-corrected chi connectivity index (χ0v) is 14.3. The van der Waals surface area contributed by atoms with Crippen molar-refractivity contribution in [3.8, 4) is 11.5 Å². The van der Waals surface area contributed by atoms with Gasteiger partial charge in [0.2, 0.25) is 0 Å². The monoisotopic (exact) mass is 376 g/mol. The standard InChI is InChI=1S/C17H14F2N4O4/c1-9-12(10(2)27-22-9)8-23-6-5-15(21-23)20-16(24)11-3-4-13-14(7-11)26-17(18,19)25-13/h3-7H,8H2,1-2H3,(H,20,21,24). The van der Waals surface area contributed by atoms with E-state index in [-0.39, 0.29) is 17.1 Å². The predicted molar refractivity (Wildman–Crippen MR) is 87.9 cm³/mol. The quantitative estimate of drug-likeness (QED) is 0.752. The molecule has 0 atom stereocenters. The minimum Gasteiger partial charge on any atom is -0.395 e. The van der Waals surface area contributed by atoms with Crippen molar-refractivity contribution < 1.29 is 27.6 Å². The van der Waals surface area contributed by atoms with Gasteiger partial charge < -0.3 is 19.3 Å². The van der Waals surface area contributed by atoms with Crippen molar-refractivity contribution in [2.24, 2.45) is 0 Å². The minimum atomic E-state index is -3.73. The first-order chi connectivity index (χ1) is 12.8. The first-order valence-corrected chi connectivity index (χ1v) is 7.97. The van der Waals surface area contributed by atoms with E-state index in [4.69, 9.17) is 4.52 Å². The van der Waals surface area contributed by atoms with Crippen LogP contribution >= 0.6 is 0 Å².